The minimum Gasteiger partial charge on any atom is -0.382 e. The maximum Gasteiger partial charge on any atom is 0.223 e. The van der Waals surface area contributed by atoms with E-state index in [1.165, 1.54) is 11.6 Å². The van der Waals surface area contributed by atoms with Crippen molar-refractivity contribution in [1.29, 1.82) is 5.26 Å². The second-order valence-corrected chi connectivity index (χ2v) is 9.97. The number of hydrogen-bond donors (Lipinski definition) is 8. The molecule has 12 N–H and O–H groups in total. The van der Waals surface area contributed by atoms with E-state index in [4.69, 9.17) is 28.2 Å². The van der Waals surface area contributed by atoms with Gasteiger partial charge in [0.1, 0.15) is 29.2 Å². The molecule has 0 spiro atoms. The van der Waals surface area contributed by atoms with Gasteiger partial charge in [-0.3, -0.25) is 24.9 Å². The normalized spacial score (nSPS) is 16.2. The Kier molecular flexibility index (Phi) is 11.6. The van der Waals surface area contributed by atoms with Crippen molar-refractivity contribution in [3.63, 3.8) is 0 Å². The van der Waals surface area contributed by atoms with Crippen molar-refractivity contribution < 1.29 is 9.59 Å². The SMILES string of the molecule is C[C@H](NC(=O)[C@@H]1CC[C@@H](c2ccccc2)C1)C(=O)CCc1cc(N)n[nH]1.N#Cc1cc(N)n[nH]1.NCc1cc(N)n[nH]1. The molecule has 14 heteroatoms. The second kappa shape index (κ2) is 15.6. The zero-order valence-corrected chi connectivity index (χ0v) is 23.5. The summed E-state index contributed by atoms with van der Waals surface area (Å²) in [7, 11) is 0. The number of aryl methyl sites for hydroxylation is 1. The van der Waals surface area contributed by atoms with Crippen LogP contribution >= 0.6 is 0 Å². The van der Waals surface area contributed by atoms with Crippen molar-refractivity contribution in [3.8, 4) is 6.07 Å². The summed E-state index contributed by atoms with van der Waals surface area (Å²) in [6.07, 6.45) is 3.64. The number of anilines is 3. The fraction of sp³-hybridized carbons (Fsp3) is 0.357. The van der Waals surface area contributed by atoms with Crippen LogP contribution in [-0.4, -0.2) is 48.3 Å². The van der Waals surface area contributed by atoms with E-state index in [2.05, 4.69) is 48.0 Å². The van der Waals surface area contributed by atoms with E-state index >= 15 is 0 Å². The molecule has 1 aromatic carbocycles. The highest BCUT2D eigenvalue weighted by Gasteiger charge is 2.31. The van der Waals surface area contributed by atoms with Crippen LogP contribution in [0.2, 0.25) is 0 Å². The van der Waals surface area contributed by atoms with Gasteiger partial charge in [-0.1, -0.05) is 30.3 Å². The number of H-pyrrole nitrogens is 3. The Labute approximate surface area is 243 Å². The number of Topliss-reactive ketones (excluding diaryl/α,β-unsaturated/α-hetero) is 1. The van der Waals surface area contributed by atoms with E-state index in [0.29, 0.717) is 48.5 Å². The van der Waals surface area contributed by atoms with E-state index in [-0.39, 0.29) is 17.6 Å². The lowest BCUT2D eigenvalue weighted by Crippen LogP contribution is -2.41. The Hall–Kier alpha value is -5.16. The summed E-state index contributed by atoms with van der Waals surface area (Å²) in [5.41, 5.74) is 24.6. The van der Waals surface area contributed by atoms with Gasteiger partial charge < -0.3 is 28.3 Å². The van der Waals surface area contributed by atoms with Crippen molar-refractivity contribution in [3.05, 3.63) is 71.2 Å². The molecule has 1 saturated carbocycles. The zero-order valence-electron chi connectivity index (χ0n) is 23.5. The van der Waals surface area contributed by atoms with Gasteiger partial charge in [0.05, 0.1) is 11.7 Å². The lowest BCUT2D eigenvalue weighted by Gasteiger charge is -2.16. The number of aromatic nitrogens is 6. The molecule has 1 aliphatic carbocycles. The Morgan fingerprint density at radius 1 is 0.976 bits per heavy atom. The number of carbonyl (C=O) groups is 2. The number of ketones is 1. The molecule has 42 heavy (non-hydrogen) atoms. The molecule has 3 atom stereocenters. The molecule has 0 aliphatic heterocycles. The van der Waals surface area contributed by atoms with Gasteiger partial charge in [0.15, 0.2) is 5.78 Å². The van der Waals surface area contributed by atoms with E-state index < -0.39 is 6.04 Å². The summed E-state index contributed by atoms with van der Waals surface area (Å²) in [6, 6.07) is 16.6. The maximum absolute atomic E-state index is 12.5. The summed E-state index contributed by atoms with van der Waals surface area (Å²) < 4.78 is 0. The highest BCUT2D eigenvalue weighted by molar-refractivity contribution is 5.89. The highest BCUT2D eigenvalue weighted by atomic mass is 16.2. The largest absolute Gasteiger partial charge is 0.382 e. The third kappa shape index (κ3) is 9.79. The highest BCUT2D eigenvalue weighted by Crippen LogP contribution is 2.38. The number of carbonyl (C=O) groups excluding carboxylic acids is 2. The van der Waals surface area contributed by atoms with Gasteiger partial charge >= 0.3 is 0 Å². The van der Waals surface area contributed by atoms with Crippen LogP contribution in [0.1, 0.15) is 61.2 Å². The number of nitrogens with zero attached hydrogens (tertiary/aromatic N) is 4. The van der Waals surface area contributed by atoms with Gasteiger partial charge in [0, 0.05) is 42.8 Å². The number of nitrogens with one attached hydrogen (secondary N) is 4. The van der Waals surface area contributed by atoms with Crippen molar-refractivity contribution in [2.75, 3.05) is 17.2 Å². The van der Waals surface area contributed by atoms with Crippen LogP contribution in [-0.2, 0) is 22.6 Å². The first-order valence-corrected chi connectivity index (χ1v) is 13.6. The monoisotopic (exact) mass is 574 g/mol. The Morgan fingerprint density at radius 3 is 2.10 bits per heavy atom. The predicted molar refractivity (Wildman–Crippen MR) is 159 cm³/mol. The number of nitrogen functional groups attached to an aromatic ring is 3. The van der Waals surface area contributed by atoms with Crippen molar-refractivity contribution in [2.45, 2.75) is 57.5 Å². The minimum absolute atomic E-state index is 0.00457. The molecule has 5 rings (SSSR count). The average Bonchev–Trinajstić information content (AvgIpc) is 3.81. The van der Waals surface area contributed by atoms with Crippen LogP contribution in [0.15, 0.2) is 48.5 Å². The summed E-state index contributed by atoms with van der Waals surface area (Å²) in [5, 5.41) is 30.0. The number of amides is 1. The second-order valence-electron chi connectivity index (χ2n) is 9.97. The first-order valence-electron chi connectivity index (χ1n) is 13.6. The van der Waals surface area contributed by atoms with Crippen LogP contribution in [0, 0.1) is 17.2 Å². The van der Waals surface area contributed by atoms with E-state index in [0.717, 1.165) is 30.7 Å². The molecule has 14 nitrogen and oxygen atoms in total. The summed E-state index contributed by atoms with van der Waals surface area (Å²) in [4.78, 5) is 24.8. The number of nitriles is 1. The first-order chi connectivity index (χ1) is 20.2. The van der Waals surface area contributed by atoms with Crippen LogP contribution in [0.3, 0.4) is 0 Å². The van der Waals surface area contributed by atoms with Gasteiger partial charge in [-0.25, -0.2) is 0 Å². The molecule has 222 valence electrons. The van der Waals surface area contributed by atoms with Crippen LogP contribution in [0.4, 0.5) is 17.5 Å². The topological polar surface area (TPSA) is 260 Å². The standard InChI is InChI=1S/C20H26N4O2.C4H8N4.C4H4N4/c1-13(18(25)10-9-17-12-19(21)24-23-17)22-20(26)16-8-7-15(11-16)14-5-3-2-4-6-14;2*5-2-3-1-4(6)8-7-3/h2-6,12-13,15-16H,7-11H2,1H3,(H,22,26)(H3,21,23,24);1H,2,5H2,(H3,6,7,8);1H,(H3,6,7,8)/t13-,15+,16+;;/m0../s1. The Balaban J connectivity index is 0.000000244. The van der Waals surface area contributed by atoms with E-state index in [9.17, 15) is 9.59 Å². The molecule has 0 radical (unpaired) electrons. The summed E-state index contributed by atoms with van der Waals surface area (Å²) >= 11 is 0. The third-order valence-electron chi connectivity index (χ3n) is 6.80. The number of aromatic amines is 3. The van der Waals surface area contributed by atoms with Gasteiger partial charge in [-0.15, -0.1) is 0 Å². The number of benzene rings is 1. The quantitative estimate of drug-likeness (QED) is 0.151. The molecule has 0 unspecified atom stereocenters. The van der Waals surface area contributed by atoms with Crippen molar-refractivity contribution in [2.24, 2.45) is 11.7 Å². The molecule has 3 aromatic heterocycles. The van der Waals surface area contributed by atoms with Gasteiger partial charge in [0.2, 0.25) is 5.91 Å². The first kappa shape index (κ1) is 31.4. The zero-order chi connectivity index (χ0) is 30.5. The average molecular weight is 575 g/mol. The Morgan fingerprint density at radius 2 is 1.60 bits per heavy atom. The molecule has 4 aromatic rings. The van der Waals surface area contributed by atoms with Gasteiger partial charge in [0.25, 0.3) is 0 Å². The lowest BCUT2D eigenvalue weighted by atomic mass is 9.96. The molecule has 1 amide bonds. The molecular weight excluding hydrogens is 536 g/mol. The van der Waals surface area contributed by atoms with Crippen LogP contribution in [0.5, 0.6) is 0 Å². The van der Waals surface area contributed by atoms with Crippen LogP contribution < -0.4 is 28.3 Å². The molecule has 1 aliphatic rings. The molecule has 1 fully saturated rings. The molecule has 3 heterocycles. The van der Waals surface area contributed by atoms with Gasteiger partial charge in [-0.2, -0.15) is 20.6 Å². The molecule has 0 saturated heterocycles. The smallest absolute Gasteiger partial charge is 0.223 e. The van der Waals surface area contributed by atoms with E-state index in [1.54, 1.807) is 19.1 Å². The van der Waals surface area contributed by atoms with Gasteiger partial charge in [-0.05, 0) is 44.1 Å². The fourth-order valence-electron chi connectivity index (χ4n) is 4.52. The lowest BCUT2D eigenvalue weighted by molar-refractivity contribution is -0.129. The summed E-state index contributed by atoms with van der Waals surface area (Å²) in [6.45, 7) is 2.22. The molecule has 0 bridgehead atoms. The van der Waals surface area contributed by atoms with Crippen molar-refractivity contribution >= 4 is 29.1 Å². The number of rotatable bonds is 8. The number of hydrogen-bond acceptors (Lipinski definition) is 10. The van der Waals surface area contributed by atoms with Crippen molar-refractivity contribution in [1.82, 2.24) is 35.9 Å². The predicted octanol–water partition coefficient (Wildman–Crippen LogP) is 1.90. The molecular formula is C28H38N12O2. The fourth-order valence-corrected chi connectivity index (χ4v) is 4.52. The maximum atomic E-state index is 12.5. The third-order valence-corrected chi connectivity index (χ3v) is 6.80. The van der Waals surface area contributed by atoms with E-state index in [1.807, 2.05) is 24.3 Å². The Bertz CT molecular complexity index is 1450. The van der Waals surface area contributed by atoms with Crippen LogP contribution in [0.25, 0.3) is 0 Å². The summed E-state index contributed by atoms with van der Waals surface area (Å²) in [5.74, 6) is 1.70. The number of nitrogens with two attached hydrogens (primary N) is 4. The minimum atomic E-state index is -0.474.